The number of fused-ring (bicyclic) bond motifs is 4. The average molecular weight is 437 g/mol. The number of para-hydroxylation sites is 3. The van der Waals surface area contributed by atoms with Crippen molar-refractivity contribution in [2.45, 2.75) is 35.6 Å². The Morgan fingerprint density at radius 1 is 1.10 bits per heavy atom. The van der Waals surface area contributed by atoms with Crippen LogP contribution in [0, 0.1) is 0 Å². The van der Waals surface area contributed by atoms with Gasteiger partial charge in [0, 0.05) is 17.7 Å². The first-order valence-electron chi connectivity index (χ1n) is 9.93. The fourth-order valence-corrected chi connectivity index (χ4v) is 5.63. The van der Waals surface area contributed by atoms with Crippen LogP contribution in [0.2, 0.25) is 0 Å². The maximum Gasteiger partial charge on any atom is 0.344 e. The number of carbonyl (C=O) groups is 4. The Hall–Kier alpha value is -3.33. The number of nitrogens with one attached hydrogen (secondary N) is 1. The van der Waals surface area contributed by atoms with Gasteiger partial charge in [-0.25, -0.2) is 4.79 Å². The number of carbonyl (C=O) groups excluding carboxylic acids is 4. The second kappa shape index (κ2) is 7.12. The van der Waals surface area contributed by atoms with Crippen molar-refractivity contribution in [1.29, 1.82) is 0 Å². The summed E-state index contributed by atoms with van der Waals surface area (Å²) in [5.41, 5.74) is 1.76. The first kappa shape index (κ1) is 19.6. The Kier molecular flexibility index (Phi) is 4.51. The molecule has 0 saturated carbocycles. The van der Waals surface area contributed by atoms with Crippen LogP contribution in [0.15, 0.2) is 53.4 Å². The molecule has 5 rings (SSSR count). The Morgan fingerprint density at radius 2 is 1.81 bits per heavy atom. The molecule has 3 amide bonds. The molecule has 9 heteroatoms. The summed E-state index contributed by atoms with van der Waals surface area (Å²) in [5, 5.41) is 2.73. The van der Waals surface area contributed by atoms with Gasteiger partial charge in [0.15, 0.2) is 11.0 Å². The normalized spacial score (nSPS) is 22.4. The van der Waals surface area contributed by atoms with E-state index in [9.17, 15) is 19.2 Å². The van der Waals surface area contributed by atoms with E-state index in [0.717, 1.165) is 4.90 Å². The highest BCUT2D eigenvalue weighted by Gasteiger charge is 2.59. The lowest BCUT2D eigenvalue weighted by molar-refractivity contribution is -0.156. The number of esters is 1. The molecule has 0 unspecified atom stereocenters. The van der Waals surface area contributed by atoms with E-state index in [2.05, 4.69) is 5.32 Å². The second-order valence-corrected chi connectivity index (χ2v) is 8.94. The van der Waals surface area contributed by atoms with Gasteiger partial charge in [-0.3, -0.25) is 24.2 Å². The molecule has 2 aromatic rings. The number of rotatable bonds is 3. The molecule has 0 radical (unpaired) electrons. The zero-order chi connectivity index (χ0) is 21.8. The first-order valence-corrected chi connectivity index (χ1v) is 10.7. The van der Waals surface area contributed by atoms with Crippen molar-refractivity contribution >= 4 is 52.5 Å². The SMILES string of the molecule is C[C@H](OC(=O)[C@@]12CCC(=O)N1c1ccccc1S2)C(=O)N1CC(=O)Nc2ccccc21. The van der Waals surface area contributed by atoms with Crippen molar-refractivity contribution in [1.82, 2.24) is 0 Å². The van der Waals surface area contributed by atoms with Gasteiger partial charge in [-0.1, -0.05) is 36.0 Å². The molecule has 8 nitrogen and oxygen atoms in total. The van der Waals surface area contributed by atoms with Crippen molar-refractivity contribution in [3.8, 4) is 0 Å². The van der Waals surface area contributed by atoms with Crippen LogP contribution in [0.1, 0.15) is 19.8 Å². The number of thioether (sulfide) groups is 1. The largest absolute Gasteiger partial charge is 0.450 e. The third-order valence-electron chi connectivity index (χ3n) is 5.66. The number of anilines is 3. The molecule has 2 aromatic carbocycles. The molecule has 0 aliphatic carbocycles. The number of hydrogen-bond acceptors (Lipinski definition) is 6. The van der Waals surface area contributed by atoms with Gasteiger partial charge in [0.2, 0.25) is 11.8 Å². The van der Waals surface area contributed by atoms with E-state index in [1.807, 2.05) is 18.2 Å². The standard InChI is InChI=1S/C22H19N3O5S/c1-13(20(28)24-12-18(26)23-14-6-2-3-7-15(14)24)30-21(29)22-11-10-19(27)25(22)16-8-4-5-9-17(16)31-22/h2-9,13H,10-12H2,1H3,(H,23,26)/t13-,22-/m0/s1. The number of nitrogens with zero attached hydrogens (tertiary/aromatic N) is 2. The lowest BCUT2D eigenvalue weighted by Crippen LogP contribution is -2.51. The average Bonchev–Trinajstić information content (AvgIpc) is 3.28. The highest BCUT2D eigenvalue weighted by Crippen LogP contribution is 2.56. The van der Waals surface area contributed by atoms with Crippen molar-refractivity contribution < 1.29 is 23.9 Å². The molecular formula is C22H19N3O5S. The van der Waals surface area contributed by atoms with Gasteiger partial charge in [-0.05, 0) is 31.2 Å². The highest BCUT2D eigenvalue weighted by molar-refractivity contribution is 8.02. The first-order chi connectivity index (χ1) is 14.9. The summed E-state index contributed by atoms with van der Waals surface area (Å²) in [6.45, 7) is 1.33. The predicted octanol–water partition coefficient (Wildman–Crippen LogP) is 2.53. The summed E-state index contributed by atoms with van der Waals surface area (Å²) >= 11 is 1.29. The number of hydrogen-bond donors (Lipinski definition) is 1. The van der Waals surface area contributed by atoms with Crippen LogP contribution < -0.4 is 15.1 Å². The van der Waals surface area contributed by atoms with Crippen LogP contribution in [-0.2, 0) is 23.9 Å². The van der Waals surface area contributed by atoms with Gasteiger partial charge in [0.05, 0.1) is 17.1 Å². The van der Waals surface area contributed by atoms with Gasteiger partial charge < -0.3 is 10.1 Å². The van der Waals surface area contributed by atoms with Crippen molar-refractivity contribution in [2.24, 2.45) is 0 Å². The molecule has 3 aliphatic heterocycles. The predicted molar refractivity (Wildman–Crippen MR) is 115 cm³/mol. The minimum absolute atomic E-state index is 0.144. The monoisotopic (exact) mass is 437 g/mol. The van der Waals surface area contributed by atoms with Crippen LogP contribution in [0.5, 0.6) is 0 Å². The van der Waals surface area contributed by atoms with E-state index in [4.69, 9.17) is 4.74 Å². The number of amides is 3. The summed E-state index contributed by atoms with van der Waals surface area (Å²) in [7, 11) is 0. The Labute approximate surface area is 182 Å². The quantitative estimate of drug-likeness (QED) is 0.742. The van der Waals surface area contributed by atoms with E-state index >= 15 is 0 Å². The summed E-state index contributed by atoms with van der Waals surface area (Å²) < 4.78 is 5.61. The summed E-state index contributed by atoms with van der Waals surface area (Å²) in [6, 6.07) is 14.3. The number of benzene rings is 2. The van der Waals surface area contributed by atoms with Crippen molar-refractivity contribution in [3.63, 3.8) is 0 Å². The summed E-state index contributed by atoms with van der Waals surface area (Å²) in [5.74, 6) is -1.59. The zero-order valence-corrected chi connectivity index (χ0v) is 17.5. The summed E-state index contributed by atoms with van der Waals surface area (Å²) in [4.78, 5) is 53.4. The third-order valence-corrected chi connectivity index (χ3v) is 7.12. The third kappa shape index (κ3) is 2.99. The Balaban J connectivity index is 1.38. The second-order valence-electron chi connectivity index (χ2n) is 7.62. The Bertz CT molecular complexity index is 1140. The van der Waals surface area contributed by atoms with Gasteiger partial charge in [0.1, 0.15) is 6.54 Å². The topological polar surface area (TPSA) is 96.0 Å². The zero-order valence-electron chi connectivity index (χ0n) is 16.7. The Morgan fingerprint density at radius 3 is 2.61 bits per heavy atom. The van der Waals surface area contributed by atoms with Crippen LogP contribution in [-0.4, -0.2) is 41.2 Å². The van der Waals surface area contributed by atoms with Crippen LogP contribution in [0.25, 0.3) is 0 Å². The molecule has 3 heterocycles. The summed E-state index contributed by atoms with van der Waals surface area (Å²) in [6.07, 6.45) is -0.583. The van der Waals surface area contributed by atoms with Crippen LogP contribution >= 0.6 is 11.8 Å². The molecule has 0 spiro atoms. The van der Waals surface area contributed by atoms with E-state index < -0.39 is 22.9 Å². The van der Waals surface area contributed by atoms with E-state index in [1.165, 1.54) is 28.5 Å². The van der Waals surface area contributed by atoms with E-state index in [0.29, 0.717) is 23.5 Å². The van der Waals surface area contributed by atoms with E-state index in [1.54, 1.807) is 30.3 Å². The molecule has 1 saturated heterocycles. The smallest absolute Gasteiger partial charge is 0.344 e. The minimum Gasteiger partial charge on any atom is -0.450 e. The maximum absolute atomic E-state index is 13.3. The van der Waals surface area contributed by atoms with Crippen molar-refractivity contribution in [3.05, 3.63) is 48.5 Å². The lowest BCUT2D eigenvalue weighted by atomic mass is 10.1. The van der Waals surface area contributed by atoms with Gasteiger partial charge in [-0.15, -0.1) is 0 Å². The minimum atomic E-state index is -1.20. The molecule has 1 fully saturated rings. The molecule has 3 aliphatic rings. The number of ether oxygens (including phenoxy) is 1. The van der Waals surface area contributed by atoms with Crippen LogP contribution in [0.4, 0.5) is 17.1 Å². The molecule has 1 N–H and O–H groups in total. The molecule has 0 aromatic heterocycles. The van der Waals surface area contributed by atoms with Gasteiger partial charge >= 0.3 is 5.97 Å². The van der Waals surface area contributed by atoms with Crippen molar-refractivity contribution in [2.75, 3.05) is 21.7 Å². The molecule has 0 bridgehead atoms. The molecule has 158 valence electrons. The lowest BCUT2D eigenvalue weighted by Gasteiger charge is -2.33. The fourth-order valence-electron chi connectivity index (χ4n) is 4.22. The maximum atomic E-state index is 13.3. The highest BCUT2D eigenvalue weighted by atomic mass is 32.2. The molecule has 2 atom stereocenters. The van der Waals surface area contributed by atoms with Gasteiger partial charge in [-0.2, -0.15) is 0 Å². The van der Waals surface area contributed by atoms with E-state index in [-0.39, 0.29) is 24.8 Å². The van der Waals surface area contributed by atoms with Crippen LogP contribution in [0.3, 0.4) is 0 Å². The van der Waals surface area contributed by atoms with Gasteiger partial charge in [0.25, 0.3) is 5.91 Å². The molecule has 31 heavy (non-hydrogen) atoms. The molecular weight excluding hydrogens is 418 g/mol. The fraction of sp³-hybridized carbons (Fsp3) is 0.273.